The van der Waals surface area contributed by atoms with Gasteiger partial charge in [0.1, 0.15) is 6.04 Å². The fourth-order valence-electron chi connectivity index (χ4n) is 1.94. The summed E-state index contributed by atoms with van der Waals surface area (Å²) in [6, 6.07) is 3.29. The van der Waals surface area contributed by atoms with Crippen molar-refractivity contribution >= 4 is 16.9 Å². The van der Waals surface area contributed by atoms with Crippen molar-refractivity contribution in [2.75, 3.05) is 0 Å². The second-order valence-corrected chi connectivity index (χ2v) is 4.44. The molecule has 1 aromatic carbocycles. The van der Waals surface area contributed by atoms with Crippen LogP contribution >= 0.6 is 0 Å². The number of carboxylic acid groups (broad SMARTS) is 1. The molecule has 0 radical (unpaired) electrons. The molecule has 0 unspecified atom stereocenters. The Morgan fingerprint density at radius 3 is 2.71 bits per heavy atom. The molecule has 0 amide bonds. The van der Waals surface area contributed by atoms with E-state index in [2.05, 4.69) is 24.0 Å². The van der Waals surface area contributed by atoms with E-state index in [0.717, 1.165) is 16.5 Å². The van der Waals surface area contributed by atoms with E-state index in [9.17, 15) is 4.79 Å². The minimum absolute atomic E-state index is 0.345. The van der Waals surface area contributed by atoms with Crippen LogP contribution in [0, 0.1) is 13.8 Å². The molecule has 2 aromatic rings. The number of hydrogen-bond acceptors (Lipinski definition) is 2. The molecule has 0 saturated carbocycles. The molecule has 17 heavy (non-hydrogen) atoms. The molecule has 0 spiro atoms. The quantitative estimate of drug-likeness (QED) is 0.754. The van der Waals surface area contributed by atoms with E-state index in [4.69, 9.17) is 10.8 Å². The second-order valence-electron chi connectivity index (χ2n) is 4.44. The highest BCUT2D eigenvalue weighted by Gasteiger charge is 2.15. The average Bonchev–Trinajstić information content (AvgIpc) is 2.62. The Morgan fingerprint density at radius 1 is 1.41 bits per heavy atom. The molecule has 0 aliphatic rings. The number of rotatable bonds is 3. The van der Waals surface area contributed by atoms with Gasteiger partial charge < -0.3 is 15.8 Å². The van der Waals surface area contributed by atoms with Crippen molar-refractivity contribution in [1.29, 1.82) is 0 Å². The Hall–Kier alpha value is -1.81. The van der Waals surface area contributed by atoms with Gasteiger partial charge in [-0.15, -0.1) is 0 Å². The van der Waals surface area contributed by atoms with Gasteiger partial charge in [-0.25, -0.2) is 0 Å². The van der Waals surface area contributed by atoms with Crippen molar-refractivity contribution in [3.63, 3.8) is 0 Å². The number of H-pyrrole nitrogens is 1. The van der Waals surface area contributed by atoms with Crippen molar-refractivity contribution in [3.8, 4) is 0 Å². The summed E-state index contributed by atoms with van der Waals surface area (Å²) in [5.41, 5.74) is 9.95. The lowest BCUT2D eigenvalue weighted by atomic mass is 10.0. The lowest BCUT2D eigenvalue weighted by molar-refractivity contribution is -0.138. The minimum atomic E-state index is -0.969. The van der Waals surface area contributed by atoms with Crippen molar-refractivity contribution < 1.29 is 9.90 Å². The van der Waals surface area contributed by atoms with Crippen molar-refractivity contribution in [2.45, 2.75) is 26.3 Å². The molecule has 0 aliphatic carbocycles. The molecule has 0 fully saturated rings. The van der Waals surface area contributed by atoms with Gasteiger partial charge in [0.05, 0.1) is 0 Å². The first-order chi connectivity index (χ1) is 7.99. The number of nitrogens with two attached hydrogens (primary N) is 1. The van der Waals surface area contributed by atoms with Crippen LogP contribution in [0.25, 0.3) is 10.9 Å². The third-order valence-electron chi connectivity index (χ3n) is 3.14. The van der Waals surface area contributed by atoms with Crippen molar-refractivity contribution in [2.24, 2.45) is 5.73 Å². The first-order valence-electron chi connectivity index (χ1n) is 5.54. The fourth-order valence-corrected chi connectivity index (χ4v) is 1.94. The van der Waals surface area contributed by atoms with Gasteiger partial charge in [-0.3, -0.25) is 4.79 Å². The highest BCUT2D eigenvalue weighted by molar-refractivity contribution is 5.85. The fraction of sp³-hybridized carbons (Fsp3) is 0.308. The lowest BCUT2D eigenvalue weighted by Crippen LogP contribution is -2.32. The monoisotopic (exact) mass is 232 g/mol. The molecule has 0 aliphatic heterocycles. The molecule has 1 heterocycles. The molecular weight excluding hydrogens is 216 g/mol. The summed E-state index contributed by atoms with van der Waals surface area (Å²) in [6.07, 6.45) is 2.18. The zero-order valence-electron chi connectivity index (χ0n) is 9.95. The first kappa shape index (κ1) is 11.7. The van der Waals surface area contributed by atoms with Gasteiger partial charge in [-0.05, 0) is 42.7 Å². The summed E-state index contributed by atoms with van der Waals surface area (Å²) in [7, 11) is 0. The average molecular weight is 232 g/mol. The number of aromatic amines is 1. The number of carboxylic acids is 1. The predicted octanol–water partition coefficient (Wildman–Crippen LogP) is 1.74. The summed E-state index contributed by atoms with van der Waals surface area (Å²) in [4.78, 5) is 13.9. The van der Waals surface area contributed by atoms with Gasteiger partial charge in [0.2, 0.25) is 0 Å². The largest absolute Gasteiger partial charge is 0.480 e. The highest BCUT2D eigenvalue weighted by atomic mass is 16.4. The van der Waals surface area contributed by atoms with E-state index in [0.29, 0.717) is 6.42 Å². The van der Waals surface area contributed by atoms with Crippen LogP contribution in [0.3, 0.4) is 0 Å². The Kier molecular flexibility index (Phi) is 2.90. The van der Waals surface area contributed by atoms with Crippen LogP contribution < -0.4 is 5.73 Å². The maximum atomic E-state index is 10.7. The smallest absolute Gasteiger partial charge is 0.320 e. The topological polar surface area (TPSA) is 79.1 Å². The molecule has 2 rings (SSSR count). The van der Waals surface area contributed by atoms with Crippen LogP contribution in [0.4, 0.5) is 0 Å². The summed E-state index contributed by atoms with van der Waals surface area (Å²) in [5, 5.41) is 9.88. The summed E-state index contributed by atoms with van der Waals surface area (Å²) >= 11 is 0. The molecule has 90 valence electrons. The maximum absolute atomic E-state index is 10.7. The lowest BCUT2D eigenvalue weighted by Gasteiger charge is -2.06. The van der Waals surface area contributed by atoms with E-state index in [1.807, 2.05) is 13.1 Å². The predicted molar refractivity (Wildman–Crippen MR) is 67.1 cm³/mol. The van der Waals surface area contributed by atoms with Crippen LogP contribution in [0.15, 0.2) is 18.3 Å². The van der Waals surface area contributed by atoms with Crippen molar-refractivity contribution in [1.82, 2.24) is 4.98 Å². The summed E-state index contributed by atoms with van der Waals surface area (Å²) in [5.74, 6) is -0.969. The SMILES string of the molecule is Cc1cc2[nH]cc(C[C@@H](N)C(=O)O)c2cc1C. The van der Waals surface area contributed by atoms with E-state index in [1.54, 1.807) is 0 Å². The zero-order valence-corrected chi connectivity index (χ0v) is 9.95. The third-order valence-corrected chi connectivity index (χ3v) is 3.14. The molecule has 0 bridgehead atoms. The van der Waals surface area contributed by atoms with Crippen LogP contribution in [0.1, 0.15) is 16.7 Å². The highest BCUT2D eigenvalue weighted by Crippen LogP contribution is 2.23. The number of aliphatic carboxylic acids is 1. The summed E-state index contributed by atoms with van der Waals surface area (Å²) < 4.78 is 0. The molecule has 4 N–H and O–H groups in total. The molecule has 1 atom stereocenters. The Morgan fingerprint density at radius 2 is 2.06 bits per heavy atom. The summed E-state index contributed by atoms with van der Waals surface area (Å²) in [6.45, 7) is 4.10. The van der Waals surface area contributed by atoms with Crippen LogP contribution in [0.2, 0.25) is 0 Å². The van der Waals surface area contributed by atoms with Gasteiger partial charge in [0.25, 0.3) is 0 Å². The van der Waals surface area contributed by atoms with Gasteiger partial charge >= 0.3 is 5.97 Å². The minimum Gasteiger partial charge on any atom is -0.480 e. The maximum Gasteiger partial charge on any atom is 0.320 e. The van der Waals surface area contributed by atoms with E-state index < -0.39 is 12.0 Å². The van der Waals surface area contributed by atoms with Gasteiger partial charge in [0.15, 0.2) is 0 Å². The van der Waals surface area contributed by atoms with Gasteiger partial charge in [0, 0.05) is 23.5 Å². The molecular formula is C13H16N2O2. The molecule has 1 aromatic heterocycles. The van der Waals surface area contributed by atoms with E-state index >= 15 is 0 Å². The third kappa shape index (κ3) is 2.17. The number of carbonyl (C=O) groups is 1. The van der Waals surface area contributed by atoms with Crippen LogP contribution in [-0.2, 0) is 11.2 Å². The molecule has 0 saturated heterocycles. The zero-order chi connectivity index (χ0) is 12.6. The normalized spacial score (nSPS) is 12.9. The number of nitrogens with one attached hydrogen (secondary N) is 1. The van der Waals surface area contributed by atoms with E-state index in [1.165, 1.54) is 11.1 Å². The first-order valence-corrected chi connectivity index (χ1v) is 5.54. The van der Waals surface area contributed by atoms with Crippen molar-refractivity contribution in [3.05, 3.63) is 35.0 Å². The van der Waals surface area contributed by atoms with E-state index in [-0.39, 0.29) is 0 Å². The van der Waals surface area contributed by atoms with Crippen LogP contribution in [-0.4, -0.2) is 22.1 Å². The second kappa shape index (κ2) is 4.22. The Balaban J connectivity index is 2.42. The van der Waals surface area contributed by atoms with Gasteiger partial charge in [-0.2, -0.15) is 0 Å². The standard InChI is InChI=1S/C13H16N2O2/c1-7-3-10-9(5-11(14)13(16)17)6-15-12(10)4-8(7)2/h3-4,6,11,15H,5,14H2,1-2H3,(H,16,17)/t11-/m1/s1. The number of benzene rings is 1. The Labute approximate surface area is 99.4 Å². The van der Waals surface area contributed by atoms with Gasteiger partial charge in [-0.1, -0.05) is 0 Å². The number of aryl methyl sites for hydroxylation is 2. The molecule has 4 heteroatoms. The molecule has 4 nitrogen and oxygen atoms in total. The Bertz CT molecular complexity index is 572. The number of hydrogen-bond donors (Lipinski definition) is 3. The number of fused-ring (bicyclic) bond motifs is 1. The number of aromatic nitrogens is 1. The van der Waals surface area contributed by atoms with Crippen LogP contribution in [0.5, 0.6) is 0 Å².